The first-order chi connectivity index (χ1) is 13.6. The summed E-state index contributed by atoms with van der Waals surface area (Å²) in [5.41, 5.74) is -0.0958. The van der Waals surface area contributed by atoms with Gasteiger partial charge in [0.25, 0.3) is 5.91 Å². The summed E-state index contributed by atoms with van der Waals surface area (Å²) in [7, 11) is 0. The summed E-state index contributed by atoms with van der Waals surface area (Å²) in [6.45, 7) is 1.49. The lowest BCUT2D eigenvalue weighted by atomic mass is 9.99. The number of amides is 1. The summed E-state index contributed by atoms with van der Waals surface area (Å²) < 4.78 is 43.8. The van der Waals surface area contributed by atoms with Crippen LogP contribution in [0.1, 0.15) is 33.7 Å². The number of aromatic nitrogens is 3. The number of nitrogens with one attached hydrogen (secondary N) is 1. The van der Waals surface area contributed by atoms with Crippen molar-refractivity contribution in [1.29, 1.82) is 0 Å². The van der Waals surface area contributed by atoms with E-state index in [0.29, 0.717) is 10.9 Å². The Morgan fingerprint density at radius 1 is 1.31 bits per heavy atom. The summed E-state index contributed by atoms with van der Waals surface area (Å²) in [4.78, 5) is 20.5. The van der Waals surface area contributed by atoms with Crippen LogP contribution in [0.5, 0.6) is 0 Å². The molecule has 11 heteroatoms. The lowest BCUT2D eigenvalue weighted by molar-refractivity contribution is -0.206. The Balaban J connectivity index is 1.94. The first-order valence-corrected chi connectivity index (χ1v) is 8.60. The van der Waals surface area contributed by atoms with Crippen LogP contribution < -0.4 is 5.32 Å². The molecule has 0 aliphatic rings. The first kappa shape index (κ1) is 20.7. The number of benzene rings is 1. The maximum atomic E-state index is 13.0. The SMILES string of the molecule is Cc1nc(CNC(=O)c2cc(-c3ccc(Cl)cn3)cc(C(O)C(F)(F)F)c2)no1. The molecule has 1 unspecified atom stereocenters. The van der Waals surface area contributed by atoms with Gasteiger partial charge < -0.3 is 14.9 Å². The van der Waals surface area contributed by atoms with Crippen molar-refractivity contribution in [3.8, 4) is 11.3 Å². The van der Waals surface area contributed by atoms with E-state index in [-0.39, 0.29) is 29.2 Å². The number of hydrogen-bond acceptors (Lipinski definition) is 6. The zero-order chi connectivity index (χ0) is 21.2. The second-order valence-electron chi connectivity index (χ2n) is 6.06. The van der Waals surface area contributed by atoms with E-state index in [4.69, 9.17) is 16.1 Å². The van der Waals surface area contributed by atoms with Gasteiger partial charge in [0.1, 0.15) is 0 Å². The number of carbonyl (C=O) groups excluding carboxylic acids is 1. The minimum absolute atomic E-state index is 0.0866. The van der Waals surface area contributed by atoms with Crippen molar-refractivity contribution >= 4 is 17.5 Å². The van der Waals surface area contributed by atoms with Crippen LogP contribution in [0.3, 0.4) is 0 Å². The molecule has 0 aliphatic carbocycles. The Hall–Kier alpha value is -2.98. The third-order valence-corrected chi connectivity index (χ3v) is 4.07. The third kappa shape index (κ3) is 5.09. The van der Waals surface area contributed by atoms with E-state index in [9.17, 15) is 23.1 Å². The topological polar surface area (TPSA) is 101 Å². The Morgan fingerprint density at radius 3 is 2.66 bits per heavy atom. The fourth-order valence-corrected chi connectivity index (χ4v) is 2.61. The lowest BCUT2D eigenvalue weighted by Gasteiger charge is -2.17. The van der Waals surface area contributed by atoms with Crippen LogP contribution in [0, 0.1) is 6.92 Å². The zero-order valence-corrected chi connectivity index (χ0v) is 15.6. The average Bonchev–Trinajstić information content (AvgIpc) is 3.10. The molecule has 1 atom stereocenters. The van der Waals surface area contributed by atoms with Crippen LogP contribution in [0.2, 0.25) is 5.02 Å². The normalized spacial score (nSPS) is 12.6. The molecule has 0 saturated heterocycles. The molecule has 1 amide bonds. The van der Waals surface area contributed by atoms with Crippen LogP contribution in [0.15, 0.2) is 41.1 Å². The maximum Gasteiger partial charge on any atom is 0.418 e. The predicted octanol–water partition coefficient (Wildman–Crippen LogP) is 3.62. The minimum Gasteiger partial charge on any atom is -0.379 e. The number of halogens is 4. The number of aliphatic hydroxyl groups excluding tert-OH is 1. The fourth-order valence-electron chi connectivity index (χ4n) is 2.50. The Labute approximate surface area is 167 Å². The number of carbonyl (C=O) groups is 1. The quantitative estimate of drug-likeness (QED) is 0.646. The number of aliphatic hydroxyl groups is 1. The van der Waals surface area contributed by atoms with Crippen LogP contribution in [0.4, 0.5) is 13.2 Å². The van der Waals surface area contributed by atoms with E-state index >= 15 is 0 Å². The number of rotatable bonds is 5. The first-order valence-electron chi connectivity index (χ1n) is 8.22. The molecule has 1 aromatic carbocycles. The Kier molecular flexibility index (Phi) is 5.85. The summed E-state index contributed by atoms with van der Waals surface area (Å²) in [5, 5.41) is 16.1. The number of aryl methyl sites for hydroxylation is 1. The summed E-state index contributed by atoms with van der Waals surface area (Å²) in [5.74, 6) is -0.165. The highest BCUT2D eigenvalue weighted by Crippen LogP contribution is 2.35. The molecule has 29 heavy (non-hydrogen) atoms. The molecule has 0 aliphatic heterocycles. The molecule has 3 aromatic rings. The van der Waals surface area contributed by atoms with Gasteiger partial charge in [-0.2, -0.15) is 18.2 Å². The molecular weight excluding hydrogens is 413 g/mol. The summed E-state index contributed by atoms with van der Waals surface area (Å²) in [6, 6.07) is 6.45. The average molecular weight is 427 g/mol. The van der Waals surface area contributed by atoms with E-state index in [1.54, 1.807) is 6.92 Å². The fraction of sp³-hybridized carbons (Fsp3) is 0.222. The number of nitrogens with zero attached hydrogens (tertiary/aromatic N) is 3. The molecule has 2 N–H and O–H groups in total. The lowest BCUT2D eigenvalue weighted by Crippen LogP contribution is -2.25. The Bertz CT molecular complexity index is 1020. The van der Waals surface area contributed by atoms with Crippen molar-refractivity contribution < 1.29 is 27.6 Å². The van der Waals surface area contributed by atoms with Gasteiger partial charge in [-0.05, 0) is 35.9 Å². The number of alkyl halides is 3. The Morgan fingerprint density at radius 2 is 2.07 bits per heavy atom. The highest BCUT2D eigenvalue weighted by molar-refractivity contribution is 6.30. The highest BCUT2D eigenvalue weighted by atomic mass is 35.5. The monoisotopic (exact) mass is 426 g/mol. The highest BCUT2D eigenvalue weighted by Gasteiger charge is 2.39. The molecule has 0 bridgehead atoms. The molecule has 0 fully saturated rings. The largest absolute Gasteiger partial charge is 0.418 e. The van der Waals surface area contributed by atoms with Gasteiger partial charge in [0.15, 0.2) is 11.9 Å². The minimum atomic E-state index is -4.90. The molecule has 0 spiro atoms. The van der Waals surface area contributed by atoms with Crippen molar-refractivity contribution in [3.05, 3.63) is 64.4 Å². The molecule has 7 nitrogen and oxygen atoms in total. The van der Waals surface area contributed by atoms with E-state index in [0.717, 1.165) is 12.1 Å². The van der Waals surface area contributed by atoms with E-state index < -0.39 is 23.8 Å². The molecule has 0 radical (unpaired) electrons. The molecule has 3 rings (SSSR count). The third-order valence-electron chi connectivity index (χ3n) is 3.84. The number of pyridine rings is 1. The van der Waals surface area contributed by atoms with E-state index in [1.807, 2.05) is 0 Å². The second-order valence-corrected chi connectivity index (χ2v) is 6.50. The van der Waals surface area contributed by atoms with Gasteiger partial charge in [-0.3, -0.25) is 9.78 Å². The molecule has 0 saturated carbocycles. The van der Waals surface area contributed by atoms with Crippen molar-refractivity contribution in [2.24, 2.45) is 0 Å². The van der Waals surface area contributed by atoms with Gasteiger partial charge >= 0.3 is 6.18 Å². The van der Waals surface area contributed by atoms with Crippen LogP contribution >= 0.6 is 11.6 Å². The van der Waals surface area contributed by atoms with Gasteiger partial charge in [-0.15, -0.1) is 0 Å². The smallest absolute Gasteiger partial charge is 0.379 e. The van der Waals surface area contributed by atoms with Gasteiger partial charge in [-0.1, -0.05) is 16.8 Å². The number of hydrogen-bond donors (Lipinski definition) is 2. The summed E-state index contributed by atoms with van der Waals surface area (Å²) >= 11 is 5.79. The van der Waals surface area contributed by atoms with Crippen LogP contribution in [-0.4, -0.2) is 32.3 Å². The standard InChI is InChI=1S/C18H14ClF3N4O3/c1-9-25-15(26-29-9)8-24-17(28)12-5-10(14-3-2-13(19)7-23-14)4-11(6-12)16(27)18(20,21)22/h2-7,16,27H,8H2,1H3,(H,24,28). The van der Waals surface area contributed by atoms with Gasteiger partial charge in [0.2, 0.25) is 5.89 Å². The molecular formula is C18H14ClF3N4O3. The zero-order valence-electron chi connectivity index (χ0n) is 14.9. The van der Waals surface area contributed by atoms with Crippen LogP contribution in [0.25, 0.3) is 11.3 Å². The second kappa shape index (κ2) is 8.18. The van der Waals surface area contributed by atoms with Crippen molar-refractivity contribution in [2.75, 3.05) is 0 Å². The van der Waals surface area contributed by atoms with E-state index in [2.05, 4.69) is 20.4 Å². The van der Waals surface area contributed by atoms with Gasteiger partial charge in [0, 0.05) is 24.2 Å². The van der Waals surface area contributed by atoms with Gasteiger partial charge in [-0.25, -0.2) is 0 Å². The molecule has 2 aromatic heterocycles. The van der Waals surface area contributed by atoms with Crippen molar-refractivity contribution in [1.82, 2.24) is 20.4 Å². The predicted molar refractivity (Wildman–Crippen MR) is 95.9 cm³/mol. The molecule has 152 valence electrons. The van der Waals surface area contributed by atoms with Crippen molar-refractivity contribution in [3.63, 3.8) is 0 Å². The van der Waals surface area contributed by atoms with E-state index in [1.165, 1.54) is 24.4 Å². The van der Waals surface area contributed by atoms with Crippen molar-refractivity contribution in [2.45, 2.75) is 25.7 Å². The maximum absolute atomic E-state index is 13.0. The van der Waals surface area contributed by atoms with Gasteiger partial charge in [0.05, 0.1) is 17.3 Å². The summed E-state index contributed by atoms with van der Waals surface area (Å²) in [6.07, 6.45) is -6.34. The van der Waals surface area contributed by atoms with Crippen LogP contribution in [-0.2, 0) is 6.54 Å². The molecule has 2 heterocycles.